The first kappa shape index (κ1) is 23.6. The zero-order valence-corrected chi connectivity index (χ0v) is 19.9. The number of aromatic nitrogens is 1. The van der Waals surface area contributed by atoms with Gasteiger partial charge in [-0.25, -0.2) is 0 Å². The molecule has 1 aliphatic heterocycles. The largest absolute Gasteiger partial charge is 0.356 e. The number of rotatable bonds is 7. The molecule has 5 nitrogen and oxygen atoms in total. The van der Waals surface area contributed by atoms with Crippen LogP contribution in [0.3, 0.4) is 0 Å². The third-order valence-electron chi connectivity index (χ3n) is 5.40. The van der Waals surface area contributed by atoms with Crippen LogP contribution >= 0.6 is 24.0 Å². The van der Waals surface area contributed by atoms with Crippen LogP contribution in [0.15, 0.2) is 53.7 Å². The van der Waals surface area contributed by atoms with Crippen molar-refractivity contribution < 1.29 is 0 Å². The van der Waals surface area contributed by atoms with E-state index < -0.39 is 0 Å². The second-order valence-electron chi connectivity index (χ2n) is 7.43. The summed E-state index contributed by atoms with van der Waals surface area (Å²) in [5.74, 6) is 0.911. The number of guanidine groups is 1. The first-order valence-corrected chi connectivity index (χ1v) is 10.4. The summed E-state index contributed by atoms with van der Waals surface area (Å²) in [5.41, 5.74) is 3.91. The number of halogens is 1. The number of piperidine rings is 1. The molecule has 0 radical (unpaired) electrons. The highest BCUT2D eigenvalue weighted by Crippen LogP contribution is 2.13. The van der Waals surface area contributed by atoms with Gasteiger partial charge in [0.2, 0.25) is 0 Å². The lowest BCUT2D eigenvalue weighted by Gasteiger charge is -2.32. The Morgan fingerprint density at radius 1 is 1.10 bits per heavy atom. The molecule has 0 aliphatic carbocycles. The van der Waals surface area contributed by atoms with E-state index in [4.69, 9.17) is 0 Å². The zero-order valence-electron chi connectivity index (χ0n) is 17.6. The van der Waals surface area contributed by atoms with Crippen molar-refractivity contribution in [3.63, 3.8) is 0 Å². The fraction of sp³-hybridized carbons (Fsp3) is 0.478. The van der Waals surface area contributed by atoms with Crippen LogP contribution in [-0.2, 0) is 19.4 Å². The number of aliphatic imine (C=N–C) groups is 1. The van der Waals surface area contributed by atoms with E-state index in [1.165, 1.54) is 11.1 Å². The lowest BCUT2D eigenvalue weighted by Crippen LogP contribution is -2.48. The summed E-state index contributed by atoms with van der Waals surface area (Å²) in [6.45, 7) is 6.21. The number of nitrogens with zero attached hydrogens (tertiary/aromatic N) is 3. The molecule has 0 unspecified atom stereocenters. The first-order valence-electron chi connectivity index (χ1n) is 10.4. The predicted molar refractivity (Wildman–Crippen MR) is 132 cm³/mol. The molecular weight excluding hydrogens is 473 g/mol. The Hall–Kier alpha value is -1.67. The van der Waals surface area contributed by atoms with Crippen LogP contribution < -0.4 is 10.6 Å². The molecule has 6 heteroatoms. The van der Waals surface area contributed by atoms with Crippen molar-refractivity contribution in [3.8, 4) is 0 Å². The van der Waals surface area contributed by atoms with E-state index in [0.717, 1.165) is 63.5 Å². The molecule has 0 atom stereocenters. The van der Waals surface area contributed by atoms with Crippen molar-refractivity contribution in [1.29, 1.82) is 0 Å². The Balaban J connectivity index is 0.00000300. The normalized spacial score (nSPS) is 15.6. The average Bonchev–Trinajstić information content (AvgIpc) is 2.75. The number of benzene rings is 1. The lowest BCUT2D eigenvalue weighted by atomic mass is 10.0. The smallest absolute Gasteiger partial charge is 0.191 e. The maximum Gasteiger partial charge on any atom is 0.191 e. The summed E-state index contributed by atoms with van der Waals surface area (Å²) >= 11 is 0. The zero-order chi connectivity index (χ0) is 19.6. The number of aryl methyl sites for hydroxylation is 1. The van der Waals surface area contributed by atoms with E-state index in [1.54, 1.807) is 0 Å². The van der Waals surface area contributed by atoms with E-state index in [9.17, 15) is 0 Å². The standard InChI is InChI=1S/C23H33N5.HI/c1-3-19-7-9-20(10-8-19)11-15-26-23(24-2)27-21-12-16-28(17-13-21)18-22-6-4-5-14-25-22;/h4-10,14,21H,3,11-13,15-18H2,1-2H3,(H2,24,26,27);1H. The van der Waals surface area contributed by atoms with Crippen molar-refractivity contribution in [3.05, 3.63) is 65.5 Å². The molecule has 0 saturated carbocycles. The predicted octanol–water partition coefficient (Wildman–Crippen LogP) is 3.63. The summed E-state index contributed by atoms with van der Waals surface area (Å²) < 4.78 is 0. The maximum absolute atomic E-state index is 4.44. The van der Waals surface area contributed by atoms with Crippen molar-refractivity contribution in [2.24, 2.45) is 4.99 Å². The lowest BCUT2D eigenvalue weighted by molar-refractivity contribution is 0.196. The second kappa shape index (κ2) is 12.8. The molecule has 1 aliphatic rings. The van der Waals surface area contributed by atoms with Gasteiger partial charge < -0.3 is 10.6 Å². The molecule has 0 amide bonds. The Kier molecular flexibility index (Phi) is 10.4. The summed E-state index contributed by atoms with van der Waals surface area (Å²) in [7, 11) is 1.85. The molecule has 1 saturated heterocycles. The van der Waals surface area contributed by atoms with Gasteiger partial charge in [0, 0.05) is 45.5 Å². The third kappa shape index (κ3) is 7.93. The van der Waals surface area contributed by atoms with Crippen LogP contribution in [0.5, 0.6) is 0 Å². The van der Waals surface area contributed by atoms with Gasteiger partial charge >= 0.3 is 0 Å². The molecule has 2 aromatic rings. The molecule has 1 aromatic heterocycles. The van der Waals surface area contributed by atoms with Crippen molar-refractivity contribution in [2.75, 3.05) is 26.7 Å². The van der Waals surface area contributed by atoms with Crippen LogP contribution in [0.4, 0.5) is 0 Å². The van der Waals surface area contributed by atoms with Gasteiger partial charge in [0.25, 0.3) is 0 Å². The molecule has 0 spiro atoms. The van der Waals surface area contributed by atoms with E-state index in [2.05, 4.69) is 68.8 Å². The Bertz CT molecular complexity index is 725. The number of hydrogen-bond acceptors (Lipinski definition) is 3. The van der Waals surface area contributed by atoms with Gasteiger partial charge in [0.15, 0.2) is 5.96 Å². The molecule has 3 rings (SSSR count). The fourth-order valence-corrected chi connectivity index (χ4v) is 3.61. The summed E-state index contributed by atoms with van der Waals surface area (Å²) in [4.78, 5) is 11.3. The van der Waals surface area contributed by atoms with Gasteiger partial charge in [-0.15, -0.1) is 24.0 Å². The quantitative estimate of drug-likeness (QED) is 0.342. The molecule has 29 heavy (non-hydrogen) atoms. The van der Waals surface area contributed by atoms with Crippen molar-refractivity contribution >= 4 is 29.9 Å². The highest BCUT2D eigenvalue weighted by molar-refractivity contribution is 14.0. The van der Waals surface area contributed by atoms with Crippen LogP contribution in [0.1, 0.15) is 36.6 Å². The van der Waals surface area contributed by atoms with Crippen molar-refractivity contribution in [1.82, 2.24) is 20.5 Å². The van der Waals surface area contributed by atoms with E-state index >= 15 is 0 Å². The minimum Gasteiger partial charge on any atom is -0.356 e. The van der Waals surface area contributed by atoms with Gasteiger partial charge in [-0.1, -0.05) is 37.3 Å². The third-order valence-corrected chi connectivity index (χ3v) is 5.40. The van der Waals surface area contributed by atoms with Gasteiger partial charge in [0.1, 0.15) is 0 Å². The molecule has 1 fully saturated rings. The molecule has 0 bridgehead atoms. The second-order valence-corrected chi connectivity index (χ2v) is 7.43. The van der Waals surface area contributed by atoms with Gasteiger partial charge in [0.05, 0.1) is 5.69 Å². The van der Waals surface area contributed by atoms with Gasteiger partial charge in [-0.3, -0.25) is 14.9 Å². The van der Waals surface area contributed by atoms with E-state index in [1.807, 2.05) is 19.3 Å². The topological polar surface area (TPSA) is 52.6 Å². The SMILES string of the molecule is CCc1ccc(CCNC(=NC)NC2CCN(Cc3ccccn3)CC2)cc1.I. The van der Waals surface area contributed by atoms with Gasteiger partial charge in [-0.2, -0.15) is 0 Å². The average molecular weight is 507 g/mol. The minimum absolute atomic E-state index is 0. The molecular formula is C23H34IN5. The Morgan fingerprint density at radius 2 is 1.83 bits per heavy atom. The van der Waals surface area contributed by atoms with Crippen LogP contribution in [0, 0.1) is 0 Å². The van der Waals surface area contributed by atoms with E-state index in [0.29, 0.717) is 6.04 Å². The maximum atomic E-state index is 4.44. The summed E-state index contributed by atoms with van der Waals surface area (Å²) in [6.07, 6.45) is 6.23. The van der Waals surface area contributed by atoms with Gasteiger partial charge in [-0.05, 0) is 48.9 Å². The number of nitrogens with one attached hydrogen (secondary N) is 2. The van der Waals surface area contributed by atoms with Crippen LogP contribution in [0.25, 0.3) is 0 Å². The minimum atomic E-state index is 0. The van der Waals surface area contributed by atoms with Crippen LogP contribution in [0.2, 0.25) is 0 Å². The number of pyridine rings is 1. The molecule has 158 valence electrons. The summed E-state index contributed by atoms with van der Waals surface area (Å²) in [5, 5.41) is 7.05. The first-order chi connectivity index (χ1) is 13.8. The fourth-order valence-electron chi connectivity index (χ4n) is 3.61. The van der Waals surface area contributed by atoms with Crippen LogP contribution in [-0.4, -0.2) is 48.6 Å². The molecule has 1 aromatic carbocycles. The van der Waals surface area contributed by atoms with E-state index in [-0.39, 0.29) is 24.0 Å². The molecule has 2 heterocycles. The monoisotopic (exact) mass is 507 g/mol. The summed E-state index contributed by atoms with van der Waals surface area (Å²) in [6, 6.07) is 15.5. The number of hydrogen-bond donors (Lipinski definition) is 2. The Labute approximate surface area is 192 Å². The molecule has 2 N–H and O–H groups in total. The highest BCUT2D eigenvalue weighted by atomic mass is 127. The van der Waals surface area contributed by atoms with Crippen molar-refractivity contribution in [2.45, 2.75) is 45.2 Å². The highest BCUT2D eigenvalue weighted by Gasteiger charge is 2.20. The number of likely N-dealkylation sites (tertiary alicyclic amines) is 1. The Morgan fingerprint density at radius 3 is 2.45 bits per heavy atom.